The second-order valence-electron chi connectivity index (χ2n) is 8.40. The topological polar surface area (TPSA) is 135 Å². The summed E-state index contributed by atoms with van der Waals surface area (Å²) in [6.07, 6.45) is 0.272. The van der Waals surface area contributed by atoms with Crippen LogP contribution in [0.2, 0.25) is 10.0 Å². The number of aromatic nitrogens is 5. The summed E-state index contributed by atoms with van der Waals surface area (Å²) in [6, 6.07) is 4.33. The third-order valence-electron chi connectivity index (χ3n) is 5.52. The van der Waals surface area contributed by atoms with E-state index >= 15 is 0 Å². The number of nitrogens with zero attached hydrogens (tertiary/aromatic N) is 5. The van der Waals surface area contributed by atoms with Crippen molar-refractivity contribution >= 4 is 41.0 Å². The van der Waals surface area contributed by atoms with Crippen molar-refractivity contribution in [2.24, 2.45) is 0 Å². The summed E-state index contributed by atoms with van der Waals surface area (Å²) < 4.78 is 5.89. The number of fused-ring (bicyclic) bond motifs is 1. The predicted molar refractivity (Wildman–Crippen MR) is 129 cm³/mol. The molecule has 0 saturated carbocycles. The highest BCUT2D eigenvalue weighted by molar-refractivity contribution is 6.42. The summed E-state index contributed by atoms with van der Waals surface area (Å²) in [5.41, 5.74) is 0.925. The Bertz CT molecular complexity index is 1370. The maximum Gasteiger partial charge on any atom is 0.376 e. The normalized spacial score (nSPS) is 15.2. The molecule has 0 saturated heterocycles. The molecule has 0 radical (unpaired) electrons. The molecule has 0 bridgehead atoms. The molecular formula is C22H23Cl2N7O4. The van der Waals surface area contributed by atoms with Crippen LogP contribution < -0.4 is 10.9 Å². The number of halogens is 2. The molecule has 1 amide bonds. The molecule has 4 rings (SSSR count). The van der Waals surface area contributed by atoms with Gasteiger partial charge in [-0.1, -0.05) is 23.2 Å². The number of anilines is 1. The fourth-order valence-electron chi connectivity index (χ4n) is 3.82. The Morgan fingerprint density at radius 3 is 2.63 bits per heavy atom. The standard InChI is InChI=1S/C22H23Cl2N7O4/c1-10(2)25-21-26-16-9-30(18(32)12-5-6-14(23)15(24)8-12)11(3)7-13(16)19(33)31(21)22-27-17(28-29-22)20(34)35-4/h5-6,8,10-11H,7,9H2,1-4H3,(H,25,26)(H,27,28,29)/t11-/m1/s1. The minimum atomic E-state index is -0.717. The van der Waals surface area contributed by atoms with Gasteiger partial charge < -0.3 is 19.9 Å². The molecule has 0 spiro atoms. The maximum absolute atomic E-state index is 13.6. The molecule has 1 aliphatic rings. The van der Waals surface area contributed by atoms with Crippen molar-refractivity contribution in [3.63, 3.8) is 0 Å². The highest BCUT2D eigenvalue weighted by Gasteiger charge is 2.32. The van der Waals surface area contributed by atoms with Gasteiger partial charge in [0, 0.05) is 23.2 Å². The smallest absolute Gasteiger partial charge is 0.376 e. The number of H-pyrrole nitrogens is 1. The lowest BCUT2D eigenvalue weighted by atomic mass is 9.98. The molecule has 13 heteroatoms. The van der Waals surface area contributed by atoms with E-state index in [4.69, 9.17) is 23.2 Å². The average Bonchev–Trinajstić information content (AvgIpc) is 3.29. The third kappa shape index (κ3) is 4.73. The van der Waals surface area contributed by atoms with Gasteiger partial charge in [0.15, 0.2) is 0 Å². The third-order valence-corrected chi connectivity index (χ3v) is 6.26. The maximum atomic E-state index is 13.6. The summed E-state index contributed by atoms with van der Waals surface area (Å²) in [5.74, 6) is -0.881. The summed E-state index contributed by atoms with van der Waals surface area (Å²) in [4.78, 5) is 47.7. The van der Waals surface area contributed by atoms with Gasteiger partial charge in [0.2, 0.25) is 17.7 Å². The van der Waals surface area contributed by atoms with E-state index in [1.54, 1.807) is 17.0 Å². The zero-order valence-corrected chi connectivity index (χ0v) is 20.9. The Morgan fingerprint density at radius 2 is 1.97 bits per heavy atom. The summed E-state index contributed by atoms with van der Waals surface area (Å²) in [6.45, 7) is 5.76. The molecule has 3 heterocycles. The molecule has 2 N–H and O–H groups in total. The number of rotatable bonds is 5. The second-order valence-corrected chi connectivity index (χ2v) is 9.22. The van der Waals surface area contributed by atoms with Gasteiger partial charge in [-0.05, 0) is 45.4 Å². The monoisotopic (exact) mass is 519 g/mol. The van der Waals surface area contributed by atoms with Crippen LogP contribution in [0.5, 0.6) is 0 Å². The minimum Gasteiger partial charge on any atom is -0.463 e. The second kappa shape index (κ2) is 9.67. The van der Waals surface area contributed by atoms with E-state index in [0.717, 1.165) is 0 Å². The number of hydrogen-bond acceptors (Lipinski definition) is 8. The number of carbonyl (C=O) groups excluding carboxylic acids is 2. The number of hydrogen-bond donors (Lipinski definition) is 2. The molecule has 1 aliphatic heterocycles. The van der Waals surface area contributed by atoms with Gasteiger partial charge in [-0.2, -0.15) is 0 Å². The van der Waals surface area contributed by atoms with Crippen molar-refractivity contribution in [1.29, 1.82) is 0 Å². The number of esters is 1. The number of methoxy groups -OCH3 is 1. The first-order valence-electron chi connectivity index (χ1n) is 10.8. The Labute approximate surface area is 210 Å². The molecule has 11 nitrogen and oxygen atoms in total. The van der Waals surface area contributed by atoms with Gasteiger partial charge in [-0.3, -0.25) is 9.59 Å². The molecule has 2 aromatic heterocycles. The van der Waals surface area contributed by atoms with Gasteiger partial charge >= 0.3 is 5.97 Å². The molecule has 0 aliphatic carbocycles. The Kier molecular flexibility index (Phi) is 6.82. The molecular weight excluding hydrogens is 497 g/mol. The lowest BCUT2D eigenvalue weighted by Gasteiger charge is -2.34. The molecule has 3 aromatic rings. The van der Waals surface area contributed by atoms with Crippen molar-refractivity contribution in [3.8, 4) is 5.95 Å². The van der Waals surface area contributed by atoms with Crippen molar-refractivity contribution in [1.82, 2.24) is 29.6 Å². The molecule has 1 aromatic carbocycles. The number of carbonyl (C=O) groups is 2. The van der Waals surface area contributed by atoms with Crippen molar-refractivity contribution in [2.45, 2.75) is 45.8 Å². The zero-order chi connectivity index (χ0) is 25.4. The van der Waals surface area contributed by atoms with E-state index in [1.807, 2.05) is 20.8 Å². The number of aromatic amines is 1. The highest BCUT2D eigenvalue weighted by atomic mass is 35.5. The van der Waals surface area contributed by atoms with E-state index in [2.05, 4.69) is 30.2 Å². The van der Waals surface area contributed by atoms with Crippen LogP contribution in [-0.4, -0.2) is 60.7 Å². The molecule has 0 fully saturated rings. The van der Waals surface area contributed by atoms with Gasteiger partial charge in [0.1, 0.15) is 0 Å². The predicted octanol–water partition coefficient (Wildman–Crippen LogP) is 2.85. The molecule has 35 heavy (non-hydrogen) atoms. The van der Waals surface area contributed by atoms with Crippen molar-refractivity contribution in [3.05, 3.63) is 61.2 Å². The fourth-order valence-corrected chi connectivity index (χ4v) is 4.12. The van der Waals surface area contributed by atoms with E-state index in [-0.39, 0.29) is 59.3 Å². The van der Waals surface area contributed by atoms with Crippen LogP contribution in [0.1, 0.15) is 53.0 Å². The van der Waals surface area contributed by atoms with E-state index < -0.39 is 5.97 Å². The lowest BCUT2D eigenvalue weighted by molar-refractivity contribution is 0.0586. The molecule has 0 unspecified atom stereocenters. The van der Waals surface area contributed by atoms with E-state index in [1.165, 1.54) is 17.7 Å². The highest BCUT2D eigenvalue weighted by Crippen LogP contribution is 2.27. The first kappa shape index (κ1) is 24.7. The average molecular weight is 520 g/mol. The minimum absolute atomic E-state index is 0.0239. The van der Waals surface area contributed by atoms with Gasteiger partial charge in [0.05, 0.1) is 29.4 Å². The van der Waals surface area contributed by atoms with Crippen LogP contribution in [0, 0.1) is 0 Å². The van der Waals surface area contributed by atoms with Crippen LogP contribution in [0.3, 0.4) is 0 Å². The summed E-state index contributed by atoms with van der Waals surface area (Å²) in [7, 11) is 1.22. The summed E-state index contributed by atoms with van der Waals surface area (Å²) >= 11 is 12.1. The Hall–Kier alpha value is -3.44. The number of amides is 1. The van der Waals surface area contributed by atoms with Gasteiger partial charge in [-0.15, -0.1) is 10.2 Å². The number of nitrogens with one attached hydrogen (secondary N) is 2. The Morgan fingerprint density at radius 1 is 1.23 bits per heavy atom. The zero-order valence-electron chi connectivity index (χ0n) is 19.4. The molecule has 184 valence electrons. The first-order chi connectivity index (χ1) is 16.6. The summed E-state index contributed by atoms with van der Waals surface area (Å²) in [5, 5.41) is 11.5. The van der Waals surface area contributed by atoms with Crippen LogP contribution in [-0.2, 0) is 17.7 Å². The number of ether oxygens (including phenoxy) is 1. The van der Waals surface area contributed by atoms with E-state index in [9.17, 15) is 14.4 Å². The van der Waals surface area contributed by atoms with Gasteiger partial charge in [-0.25, -0.2) is 14.3 Å². The fraction of sp³-hybridized carbons (Fsp3) is 0.364. The van der Waals surface area contributed by atoms with E-state index in [0.29, 0.717) is 21.8 Å². The SMILES string of the molecule is COC(=O)c1nnc(-n2c(NC(C)C)nc3c(c2=O)C[C@@H](C)N(C(=O)c2ccc(Cl)c(Cl)c2)C3)[nH]1. The molecule has 1 atom stereocenters. The number of benzene rings is 1. The first-order valence-corrected chi connectivity index (χ1v) is 11.5. The van der Waals surface area contributed by atoms with Crippen LogP contribution >= 0.6 is 23.2 Å². The van der Waals surface area contributed by atoms with Gasteiger partial charge in [0.25, 0.3) is 11.5 Å². The van der Waals surface area contributed by atoms with Crippen LogP contribution in [0.25, 0.3) is 5.95 Å². The van der Waals surface area contributed by atoms with Crippen molar-refractivity contribution < 1.29 is 14.3 Å². The lowest BCUT2D eigenvalue weighted by Crippen LogP contribution is -2.46. The Balaban J connectivity index is 1.76. The quantitative estimate of drug-likeness (QED) is 0.491. The van der Waals surface area contributed by atoms with Crippen LogP contribution in [0.4, 0.5) is 5.95 Å². The van der Waals surface area contributed by atoms with Crippen molar-refractivity contribution in [2.75, 3.05) is 12.4 Å². The largest absolute Gasteiger partial charge is 0.463 e. The van der Waals surface area contributed by atoms with Crippen LogP contribution in [0.15, 0.2) is 23.0 Å².